The maximum absolute atomic E-state index is 12.6. The molecular formula is C15H21ClN2O. The lowest BCUT2D eigenvalue weighted by molar-refractivity contribution is 0.0662. The fraction of sp³-hybridized carbons (Fsp3) is 0.533. The van der Waals surface area contributed by atoms with Crippen LogP contribution in [0.5, 0.6) is 0 Å². The smallest absolute Gasteiger partial charge is 0.254 e. The number of halogens is 1. The summed E-state index contributed by atoms with van der Waals surface area (Å²) >= 11 is 6.11. The van der Waals surface area contributed by atoms with Crippen LogP contribution >= 0.6 is 11.6 Å². The average Bonchev–Trinajstić information content (AvgIpc) is 2.44. The number of hydrogen-bond donors (Lipinski definition) is 1. The SMILES string of the molecule is CCN(C(=O)c1ccc(C)c(Cl)c1)C1CCCNC1. The van der Waals surface area contributed by atoms with E-state index < -0.39 is 0 Å². The average molecular weight is 281 g/mol. The molecule has 0 spiro atoms. The van der Waals surface area contributed by atoms with Gasteiger partial charge < -0.3 is 10.2 Å². The van der Waals surface area contributed by atoms with Gasteiger partial charge in [0.2, 0.25) is 0 Å². The van der Waals surface area contributed by atoms with Crippen LogP contribution in [0.2, 0.25) is 5.02 Å². The van der Waals surface area contributed by atoms with Crippen LogP contribution in [0.4, 0.5) is 0 Å². The van der Waals surface area contributed by atoms with Crippen molar-refractivity contribution in [1.82, 2.24) is 10.2 Å². The molecule has 2 rings (SSSR count). The lowest BCUT2D eigenvalue weighted by Crippen LogP contribution is -2.48. The van der Waals surface area contributed by atoms with Gasteiger partial charge in [0.05, 0.1) is 0 Å². The van der Waals surface area contributed by atoms with Gasteiger partial charge in [-0.3, -0.25) is 4.79 Å². The summed E-state index contributed by atoms with van der Waals surface area (Å²) in [5, 5.41) is 4.01. The summed E-state index contributed by atoms with van der Waals surface area (Å²) in [4.78, 5) is 14.5. The molecule has 1 aromatic rings. The van der Waals surface area contributed by atoms with Gasteiger partial charge in [0, 0.05) is 29.7 Å². The molecule has 1 aliphatic rings. The number of carbonyl (C=O) groups excluding carboxylic acids is 1. The van der Waals surface area contributed by atoms with E-state index in [0.29, 0.717) is 16.6 Å². The Labute approximate surface area is 119 Å². The third-order valence-electron chi connectivity index (χ3n) is 3.73. The van der Waals surface area contributed by atoms with Crippen molar-refractivity contribution in [3.05, 3.63) is 34.3 Å². The van der Waals surface area contributed by atoms with E-state index in [9.17, 15) is 4.79 Å². The zero-order valence-electron chi connectivity index (χ0n) is 11.6. The molecule has 1 unspecified atom stereocenters. The molecule has 1 atom stereocenters. The molecule has 0 bridgehead atoms. The fourth-order valence-electron chi connectivity index (χ4n) is 2.56. The van der Waals surface area contributed by atoms with Crippen molar-refractivity contribution in [2.24, 2.45) is 0 Å². The zero-order valence-corrected chi connectivity index (χ0v) is 12.3. The summed E-state index contributed by atoms with van der Waals surface area (Å²) < 4.78 is 0. The maximum Gasteiger partial charge on any atom is 0.254 e. The molecule has 1 fully saturated rings. The van der Waals surface area contributed by atoms with Gasteiger partial charge in [-0.15, -0.1) is 0 Å². The van der Waals surface area contributed by atoms with Gasteiger partial charge in [0.25, 0.3) is 5.91 Å². The van der Waals surface area contributed by atoms with Crippen molar-refractivity contribution in [3.8, 4) is 0 Å². The molecule has 0 aliphatic carbocycles. The van der Waals surface area contributed by atoms with Gasteiger partial charge in [0.1, 0.15) is 0 Å². The van der Waals surface area contributed by atoms with Crippen LogP contribution in [0.1, 0.15) is 35.7 Å². The highest BCUT2D eigenvalue weighted by atomic mass is 35.5. The van der Waals surface area contributed by atoms with Crippen molar-refractivity contribution < 1.29 is 4.79 Å². The Hall–Kier alpha value is -1.06. The number of aryl methyl sites for hydroxylation is 1. The Balaban J connectivity index is 2.17. The van der Waals surface area contributed by atoms with Crippen LogP contribution in [-0.2, 0) is 0 Å². The predicted octanol–water partition coefficient (Wildman–Crippen LogP) is 2.86. The molecule has 19 heavy (non-hydrogen) atoms. The molecule has 1 aliphatic heterocycles. The molecule has 1 N–H and O–H groups in total. The first kappa shape index (κ1) is 14.4. The van der Waals surface area contributed by atoms with Crippen LogP contribution in [0, 0.1) is 6.92 Å². The highest BCUT2D eigenvalue weighted by molar-refractivity contribution is 6.31. The summed E-state index contributed by atoms with van der Waals surface area (Å²) in [7, 11) is 0. The zero-order chi connectivity index (χ0) is 13.8. The lowest BCUT2D eigenvalue weighted by Gasteiger charge is -2.34. The van der Waals surface area contributed by atoms with E-state index >= 15 is 0 Å². The second kappa shape index (κ2) is 6.40. The molecule has 3 nitrogen and oxygen atoms in total. The topological polar surface area (TPSA) is 32.3 Å². The van der Waals surface area contributed by atoms with Crippen molar-refractivity contribution in [2.75, 3.05) is 19.6 Å². The van der Waals surface area contributed by atoms with Crippen LogP contribution in [0.3, 0.4) is 0 Å². The second-order valence-electron chi connectivity index (χ2n) is 5.06. The van der Waals surface area contributed by atoms with Gasteiger partial charge in [-0.2, -0.15) is 0 Å². The first-order valence-corrected chi connectivity index (χ1v) is 7.29. The van der Waals surface area contributed by atoms with E-state index in [0.717, 1.165) is 38.0 Å². The van der Waals surface area contributed by atoms with E-state index in [4.69, 9.17) is 11.6 Å². The third kappa shape index (κ3) is 3.28. The number of nitrogens with one attached hydrogen (secondary N) is 1. The second-order valence-corrected chi connectivity index (χ2v) is 5.46. The normalized spacial score (nSPS) is 19.2. The van der Waals surface area contributed by atoms with Crippen LogP contribution in [0.15, 0.2) is 18.2 Å². The predicted molar refractivity (Wildman–Crippen MR) is 78.8 cm³/mol. The number of rotatable bonds is 3. The van der Waals surface area contributed by atoms with Crippen LogP contribution in [-0.4, -0.2) is 36.5 Å². The summed E-state index contributed by atoms with van der Waals surface area (Å²) in [5.74, 6) is 0.0816. The standard InChI is InChI=1S/C15H21ClN2O/c1-3-18(13-5-4-8-17-10-13)15(19)12-7-6-11(2)14(16)9-12/h6-7,9,13,17H,3-5,8,10H2,1-2H3. The number of piperidine rings is 1. The van der Waals surface area contributed by atoms with E-state index in [1.165, 1.54) is 0 Å². The number of amides is 1. The first-order chi connectivity index (χ1) is 9.13. The number of hydrogen-bond acceptors (Lipinski definition) is 2. The lowest BCUT2D eigenvalue weighted by atomic mass is 10.0. The largest absolute Gasteiger partial charge is 0.335 e. The molecular weight excluding hydrogens is 260 g/mol. The quantitative estimate of drug-likeness (QED) is 0.923. The third-order valence-corrected chi connectivity index (χ3v) is 4.14. The van der Waals surface area contributed by atoms with Gasteiger partial charge in [-0.05, 0) is 50.9 Å². The van der Waals surface area contributed by atoms with Gasteiger partial charge in [-0.1, -0.05) is 17.7 Å². The van der Waals surface area contributed by atoms with E-state index in [1.807, 2.05) is 30.9 Å². The van der Waals surface area contributed by atoms with E-state index in [1.54, 1.807) is 6.07 Å². The Morgan fingerprint density at radius 1 is 1.53 bits per heavy atom. The summed E-state index contributed by atoms with van der Waals surface area (Å²) in [6.07, 6.45) is 2.20. The molecule has 1 saturated heterocycles. The highest BCUT2D eigenvalue weighted by Gasteiger charge is 2.24. The van der Waals surface area contributed by atoms with Crippen molar-refractivity contribution in [2.45, 2.75) is 32.7 Å². The summed E-state index contributed by atoms with van der Waals surface area (Å²) in [6, 6.07) is 5.84. The Morgan fingerprint density at radius 3 is 2.89 bits per heavy atom. The Bertz CT molecular complexity index is 455. The van der Waals surface area contributed by atoms with Gasteiger partial charge in [0.15, 0.2) is 0 Å². The van der Waals surface area contributed by atoms with Gasteiger partial charge >= 0.3 is 0 Å². The molecule has 0 aromatic heterocycles. The molecule has 1 heterocycles. The number of likely N-dealkylation sites (N-methyl/N-ethyl adjacent to an activating group) is 1. The highest BCUT2D eigenvalue weighted by Crippen LogP contribution is 2.20. The summed E-state index contributed by atoms with van der Waals surface area (Å²) in [6.45, 7) is 6.65. The molecule has 1 amide bonds. The van der Waals surface area contributed by atoms with Crippen molar-refractivity contribution >= 4 is 17.5 Å². The van der Waals surface area contributed by atoms with Crippen molar-refractivity contribution in [3.63, 3.8) is 0 Å². The Kier molecular flexibility index (Phi) is 4.83. The molecule has 0 radical (unpaired) electrons. The Morgan fingerprint density at radius 2 is 2.32 bits per heavy atom. The minimum Gasteiger partial charge on any atom is -0.335 e. The number of nitrogens with zero attached hydrogens (tertiary/aromatic N) is 1. The molecule has 1 aromatic carbocycles. The first-order valence-electron chi connectivity index (χ1n) is 6.91. The molecule has 0 saturated carbocycles. The van der Waals surface area contributed by atoms with Gasteiger partial charge in [-0.25, -0.2) is 0 Å². The summed E-state index contributed by atoms with van der Waals surface area (Å²) in [5.41, 5.74) is 1.68. The number of carbonyl (C=O) groups is 1. The number of benzene rings is 1. The van der Waals surface area contributed by atoms with Crippen molar-refractivity contribution in [1.29, 1.82) is 0 Å². The minimum atomic E-state index is 0.0816. The minimum absolute atomic E-state index is 0.0816. The molecule has 104 valence electrons. The van der Waals surface area contributed by atoms with Crippen LogP contribution < -0.4 is 5.32 Å². The van der Waals surface area contributed by atoms with Crippen LogP contribution in [0.25, 0.3) is 0 Å². The van der Waals surface area contributed by atoms with E-state index in [2.05, 4.69) is 5.32 Å². The fourth-order valence-corrected chi connectivity index (χ4v) is 2.74. The van der Waals surface area contributed by atoms with E-state index in [-0.39, 0.29) is 5.91 Å². The molecule has 4 heteroatoms. The maximum atomic E-state index is 12.6. The monoisotopic (exact) mass is 280 g/mol.